The summed E-state index contributed by atoms with van der Waals surface area (Å²) < 4.78 is 0. The molecule has 6 N–H and O–H groups in total. The first-order chi connectivity index (χ1) is 10.5. The van der Waals surface area contributed by atoms with Gasteiger partial charge in [0.15, 0.2) is 0 Å². The molecule has 2 aliphatic rings. The van der Waals surface area contributed by atoms with Crippen molar-refractivity contribution in [1.82, 2.24) is 0 Å². The molecule has 2 unspecified atom stereocenters. The van der Waals surface area contributed by atoms with Gasteiger partial charge in [-0.05, 0) is 41.0 Å². The van der Waals surface area contributed by atoms with Crippen LogP contribution in [0.25, 0.3) is 0 Å². The predicted octanol–water partition coefficient (Wildman–Crippen LogP) is 0.924. The fourth-order valence-corrected chi connectivity index (χ4v) is 3.40. The highest BCUT2D eigenvalue weighted by atomic mass is 16.3. The molecule has 4 rings (SSSR count). The van der Waals surface area contributed by atoms with E-state index in [1.165, 1.54) is 5.01 Å². The molecule has 6 nitrogen and oxygen atoms in total. The van der Waals surface area contributed by atoms with Gasteiger partial charge in [0.2, 0.25) is 0 Å². The van der Waals surface area contributed by atoms with Gasteiger partial charge in [-0.3, -0.25) is 5.01 Å². The van der Waals surface area contributed by atoms with E-state index in [9.17, 15) is 10.2 Å². The third-order valence-corrected chi connectivity index (χ3v) is 4.59. The third kappa shape index (κ3) is 1.85. The van der Waals surface area contributed by atoms with Crippen molar-refractivity contribution < 1.29 is 10.2 Å². The van der Waals surface area contributed by atoms with Crippen molar-refractivity contribution in [2.24, 2.45) is 11.7 Å². The summed E-state index contributed by atoms with van der Waals surface area (Å²) in [7, 11) is 0. The lowest BCUT2D eigenvalue weighted by molar-refractivity contribution is 0.179. The monoisotopic (exact) mass is 298 g/mol. The number of rotatable bonds is 1. The van der Waals surface area contributed by atoms with Crippen molar-refractivity contribution >= 4 is 11.4 Å². The number of phenols is 1. The van der Waals surface area contributed by atoms with Crippen molar-refractivity contribution in [3.63, 3.8) is 0 Å². The summed E-state index contributed by atoms with van der Waals surface area (Å²) in [5, 5.41) is 22.6. The van der Waals surface area contributed by atoms with Gasteiger partial charge in [0.1, 0.15) is 12.0 Å². The highest BCUT2D eigenvalue weighted by Gasteiger charge is 2.31. The van der Waals surface area contributed by atoms with Crippen LogP contribution >= 0.6 is 0 Å². The number of hydrazine groups is 2. The van der Waals surface area contributed by atoms with Crippen molar-refractivity contribution in [3.05, 3.63) is 53.1 Å². The summed E-state index contributed by atoms with van der Waals surface area (Å²) in [6.45, 7) is 0. The molecule has 2 aliphatic heterocycles. The Labute approximate surface area is 128 Å². The Morgan fingerprint density at radius 2 is 1.73 bits per heavy atom. The number of benzene rings is 2. The quantitative estimate of drug-likeness (QED) is 0.584. The van der Waals surface area contributed by atoms with Gasteiger partial charge in [0, 0.05) is 12.8 Å². The minimum absolute atomic E-state index is 0.00626. The van der Waals surface area contributed by atoms with Gasteiger partial charge in [0.05, 0.1) is 17.4 Å². The predicted molar refractivity (Wildman–Crippen MR) is 84.0 cm³/mol. The molecule has 2 heterocycles. The number of anilines is 2. The van der Waals surface area contributed by atoms with Gasteiger partial charge >= 0.3 is 0 Å². The summed E-state index contributed by atoms with van der Waals surface area (Å²) in [6.07, 6.45) is 0.598. The van der Waals surface area contributed by atoms with Gasteiger partial charge in [-0.1, -0.05) is 12.1 Å². The van der Waals surface area contributed by atoms with Crippen LogP contribution < -0.4 is 21.7 Å². The summed E-state index contributed by atoms with van der Waals surface area (Å²) in [5.41, 5.74) is 4.87. The molecule has 0 amide bonds. The molecule has 2 aromatic rings. The third-order valence-electron chi connectivity index (χ3n) is 4.59. The van der Waals surface area contributed by atoms with Gasteiger partial charge in [0.25, 0.3) is 0 Å². The van der Waals surface area contributed by atoms with E-state index in [4.69, 9.17) is 11.7 Å². The maximum atomic E-state index is 9.84. The van der Waals surface area contributed by atoms with E-state index in [2.05, 4.69) is 0 Å². The molecule has 6 heteroatoms. The summed E-state index contributed by atoms with van der Waals surface area (Å²) in [5.74, 6) is 12.4. The summed E-state index contributed by atoms with van der Waals surface area (Å²) >= 11 is 0. The van der Waals surface area contributed by atoms with Crippen LogP contribution in [-0.2, 0) is 12.8 Å². The Bertz CT molecular complexity index is 749. The number of hydrogen-bond donors (Lipinski definition) is 4. The largest absolute Gasteiger partial charge is 0.508 e. The molecular formula is C16H18N4O2. The number of nitrogens with zero attached hydrogens (tertiary/aromatic N) is 2. The lowest BCUT2D eigenvalue weighted by Gasteiger charge is -2.24. The highest BCUT2D eigenvalue weighted by Crippen LogP contribution is 2.41. The Morgan fingerprint density at radius 3 is 2.55 bits per heavy atom. The normalized spacial score (nSPS) is 22.9. The molecular weight excluding hydrogens is 280 g/mol. The van der Waals surface area contributed by atoms with Crippen molar-refractivity contribution in [1.29, 1.82) is 0 Å². The average Bonchev–Trinajstić information content (AvgIpc) is 2.97. The van der Waals surface area contributed by atoms with E-state index in [0.29, 0.717) is 6.42 Å². The summed E-state index contributed by atoms with van der Waals surface area (Å²) in [6, 6.07) is 11.2. The fraction of sp³-hybridized carbons (Fsp3) is 0.250. The smallest absolute Gasteiger partial charge is 0.144 e. The minimum atomic E-state index is -0.669. The van der Waals surface area contributed by atoms with Gasteiger partial charge in [-0.15, -0.1) is 0 Å². The molecule has 0 fully saturated rings. The van der Waals surface area contributed by atoms with E-state index in [-0.39, 0.29) is 11.8 Å². The maximum Gasteiger partial charge on any atom is 0.144 e. The Balaban J connectivity index is 1.70. The average molecular weight is 298 g/mol. The first-order valence-electron chi connectivity index (χ1n) is 7.25. The summed E-state index contributed by atoms with van der Waals surface area (Å²) in [4.78, 5) is 0. The molecule has 2 aromatic carbocycles. The van der Waals surface area contributed by atoms with Crippen molar-refractivity contribution in [2.75, 3.05) is 10.0 Å². The van der Waals surface area contributed by atoms with Gasteiger partial charge < -0.3 is 15.2 Å². The number of aromatic hydroxyl groups is 1. The van der Waals surface area contributed by atoms with Crippen LogP contribution in [0.15, 0.2) is 36.4 Å². The van der Waals surface area contributed by atoms with Crippen LogP contribution in [0.3, 0.4) is 0 Å². The highest BCUT2D eigenvalue weighted by molar-refractivity contribution is 5.64. The number of hydrogen-bond acceptors (Lipinski definition) is 6. The second kappa shape index (κ2) is 4.61. The van der Waals surface area contributed by atoms with Gasteiger partial charge in [-0.25, -0.2) is 11.7 Å². The Kier molecular flexibility index (Phi) is 2.80. The molecule has 0 spiro atoms. The second-order valence-corrected chi connectivity index (χ2v) is 5.92. The topological polar surface area (TPSA) is 99.0 Å². The van der Waals surface area contributed by atoms with Crippen LogP contribution in [0.4, 0.5) is 11.4 Å². The molecule has 0 bridgehead atoms. The SMILES string of the molecule is NN1c2cc(C3Cc4cc(O)ccc4N3N)ccc2CC1O. The standard InChI is InChI=1S/C16H18N4O2/c17-19-13-4-3-12(21)5-11(13)7-14(19)9-1-2-10-8-16(22)20(18)15(10)6-9/h1-6,14,16,21-22H,7-8,17-18H2. The van der Waals surface area contributed by atoms with E-state index in [1.54, 1.807) is 17.1 Å². The lowest BCUT2D eigenvalue weighted by atomic mass is 10.00. The number of aliphatic hydroxyl groups excluding tert-OH is 1. The molecule has 0 saturated heterocycles. The number of phenolic OH excluding ortho intramolecular Hbond substituents is 1. The Hall–Kier alpha value is -2.28. The van der Waals surface area contributed by atoms with Crippen LogP contribution in [0.1, 0.15) is 22.7 Å². The first kappa shape index (κ1) is 13.4. The number of aliphatic hydroxyl groups is 1. The zero-order chi connectivity index (χ0) is 15.4. The fourth-order valence-electron chi connectivity index (χ4n) is 3.40. The van der Waals surface area contributed by atoms with E-state index in [0.717, 1.165) is 34.5 Å². The molecule has 0 saturated carbocycles. The maximum absolute atomic E-state index is 9.84. The van der Waals surface area contributed by atoms with Crippen LogP contribution in [0, 0.1) is 0 Å². The Morgan fingerprint density at radius 1 is 0.909 bits per heavy atom. The molecule has 2 atom stereocenters. The molecule has 0 aliphatic carbocycles. The molecule has 0 aromatic heterocycles. The zero-order valence-corrected chi connectivity index (χ0v) is 12.0. The van der Waals surface area contributed by atoms with Crippen LogP contribution in [0.2, 0.25) is 0 Å². The molecule has 0 radical (unpaired) electrons. The van der Waals surface area contributed by atoms with Crippen molar-refractivity contribution in [3.8, 4) is 5.75 Å². The van der Waals surface area contributed by atoms with Crippen molar-refractivity contribution in [2.45, 2.75) is 25.1 Å². The second-order valence-electron chi connectivity index (χ2n) is 5.92. The molecule has 114 valence electrons. The van der Waals surface area contributed by atoms with Crippen LogP contribution in [0.5, 0.6) is 5.75 Å². The van der Waals surface area contributed by atoms with E-state index >= 15 is 0 Å². The minimum Gasteiger partial charge on any atom is -0.508 e. The lowest BCUT2D eigenvalue weighted by Crippen LogP contribution is -2.38. The van der Waals surface area contributed by atoms with E-state index in [1.807, 2.05) is 24.3 Å². The van der Waals surface area contributed by atoms with Crippen LogP contribution in [-0.4, -0.2) is 16.4 Å². The zero-order valence-electron chi connectivity index (χ0n) is 12.0. The molecule has 22 heavy (non-hydrogen) atoms. The van der Waals surface area contributed by atoms with Gasteiger partial charge in [-0.2, -0.15) is 0 Å². The van der Waals surface area contributed by atoms with E-state index < -0.39 is 6.23 Å². The number of fused-ring (bicyclic) bond motifs is 2. The number of nitrogens with two attached hydrogens (primary N) is 2. The first-order valence-corrected chi connectivity index (χ1v) is 7.25.